The van der Waals surface area contributed by atoms with Crippen molar-refractivity contribution in [1.82, 2.24) is 5.32 Å². The predicted molar refractivity (Wildman–Crippen MR) is 62.4 cm³/mol. The molecule has 0 saturated carbocycles. The van der Waals surface area contributed by atoms with Crippen LogP contribution in [0.3, 0.4) is 0 Å². The van der Waals surface area contributed by atoms with E-state index in [2.05, 4.69) is 37.8 Å². The van der Waals surface area contributed by atoms with Gasteiger partial charge in [0.1, 0.15) is 0 Å². The molecule has 1 heterocycles. The quantitative estimate of drug-likeness (QED) is 0.750. The van der Waals surface area contributed by atoms with Crippen LogP contribution in [0.15, 0.2) is 0 Å². The van der Waals surface area contributed by atoms with Gasteiger partial charge in [-0.3, -0.25) is 0 Å². The van der Waals surface area contributed by atoms with Gasteiger partial charge >= 0.3 is 0 Å². The first-order chi connectivity index (χ1) is 6.20. The fraction of sp³-hybridized carbons (Fsp3) is 1.00. The summed E-state index contributed by atoms with van der Waals surface area (Å²) in [4.78, 5) is 0. The molecule has 1 aliphatic heterocycles. The van der Waals surface area contributed by atoms with Gasteiger partial charge in [0.05, 0.1) is 0 Å². The van der Waals surface area contributed by atoms with Gasteiger partial charge in [-0.05, 0) is 49.7 Å². The van der Waals surface area contributed by atoms with E-state index in [-0.39, 0.29) is 0 Å². The Morgan fingerprint density at radius 2 is 1.85 bits per heavy atom. The molecule has 2 heteroatoms. The third-order valence-electron chi connectivity index (χ3n) is 3.07. The van der Waals surface area contributed by atoms with Crippen LogP contribution in [-0.2, 0) is 0 Å². The second kappa shape index (κ2) is 5.92. The van der Waals surface area contributed by atoms with Crippen molar-refractivity contribution in [2.45, 2.75) is 39.7 Å². The molecule has 1 fully saturated rings. The lowest BCUT2D eigenvalue weighted by Gasteiger charge is -2.25. The van der Waals surface area contributed by atoms with Gasteiger partial charge in [0.25, 0.3) is 0 Å². The summed E-state index contributed by atoms with van der Waals surface area (Å²) in [5.41, 5.74) is 0. The normalized spacial score (nSPS) is 22.2. The third kappa shape index (κ3) is 4.37. The van der Waals surface area contributed by atoms with E-state index < -0.39 is 0 Å². The molecule has 1 saturated heterocycles. The van der Waals surface area contributed by atoms with E-state index in [0.717, 1.165) is 11.8 Å². The lowest BCUT2D eigenvalue weighted by Crippen LogP contribution is -2.35. The minimum atomic E-state index is 0.676. The van der Waals surface area contributed by atoms with Crippen molar-refractivity contribution >= 4 is 11.8 Å². The Morgan fingerprint density at radius 1 is 1.23 bits per heavy atom. The van der Waals surface area contributed by atoms with Crippen LogP contribution in [0.1, 0.15) is 33.6 Å². The van der Waals surface area contributed by atoms with Crippen molar-refractivity contribution in [2.24, 2.45) is 11.8 Å². The first-order valence-electron chi connectivity index (χ1n) is 5.51. The fourth-order valence-corrected chi connectivity index (χ4v) is 2.74. The Morgan fingerprint density at radius 3 is 2.38 bits per heavy atom. The van der Waals surface area contributed by atoms with Crippen LogP contribution in [0.2, 0.25) is 0 Å². The topological polar surface area (TPSA) is 12.0 Å². The van der Waals surface area contributed by atoms with Crippen molar-refractivity contribution in [2.75, 3.05) is 18.1 Å². The molecule has 78 valence electrons. The summed E-state index contributed by atoms with van der Waals surface area (Å²) in [6.07, 6.45) is 2.84. The van der Waals surface area contributed by atoms with Gasteiger partial charge in [-0.15, -0.1) is 0 Å². The second-order valence-corrected chi connectivity index (χ2v) is 5.72. The molecular weight excluding hydrogens is 178 g/mol. The van der Waals surface area contributed by atoms with Crippen LogP contribution in [0.5, 0.6) is 0 Å². The molecule has 1 rings (SSSR count). The molecular formula is C11H23NS. The zero-order valence-electron chi connectivity index (χ0n) is 9.18. The molecule has 13 heavy (non-hydrogen) atoms. The van der Waals surface area contributed by atoms with Gasteiger partial charge in [-0.2, -0.15) is 11.8 Å². The zero-order valence-corrected chi connectivity index (χ0v) is 9.99. The van der Waals surface area contributed by atoms with Crippen molar-refractivity contribution in [3.63, 3.8) is 0 Å². The Balaban J connectivity index is 2.10. The van der Waals surface area contributed by atoms with Crippen LogP contribution >= 0.6 is 11.8 Å². The largest absolute Gasteiger partial charge is 0.314 e. The first-order valence-corrected chi connectivity index (χ1v) is 6.66. The first kappa shape index (κ1) is 11.4. The maximum absolute atomic E-state index is 3.64. The van der Waals surface area contributed by atoms with Crippen molar-refractivity contribution in [3.8, 4) is 0 Å². The SMILES string of the molecule is CC(C)C(C)NCC1CCSCC1. The summed E-state index contributed by atoms with van der Waals surface area (Å²) in [5, 5.41) is 3.64. The number of rotatable bonds is 4. The van der Waals surface area contributed by atoms with Crippen molar-refractivity contribution < 1.29 is 0 Å². The summed E-state index contributed by atoms with van der Waals surface area (Å²) in [6, 6.07) is 0.676. The molecule has 1 atom stereocenters. The zero-order chi connectivity index (χ0) is 9.68. The maximum atomic E-state index is 3.64. The molecule has 0 aromatic carbocycles. The highest BCUT2D eigenvalue weighted by molar-refractivity contribution is 7.99. The highest BCUT2D eigenvalue weighted by atomic mass is 32.2. The Kier molecular flexibility index (Phi) is 5.18. The number of hydrogen-bond donors (Lipinski definition) is 1. The predicted octanol–water partition coefficient (Wildman–Crippen LogP) is 2.76. The second-order valence-electron chi connectivity index (χ2n) is 4.50. The van der Waals surface area contributed by atoms with Crippen LogP contribution < -0.4 is 5.32 Å². The van der Waals surface area contributed by atoms with Crippen LogP contribution in [0, 0.1) is 11.8 Å². The van der Waals surface area contributed by atoms with Crippen LogP contribution in [-0.4, -0.2) is 24.1 Å². The summed E-state index contributed by atoms with van der Waals surface area (Å²) < 4.78 is 0. The summed E-state index contributed by atoms with van der Waals surface area (Å²) in [5.74, 6) is 4.46. The molecule has 0 amide bonds. The smallest absolute Gasteiger partial charge is 0.00618 e. The maximum Gasteiger partial charge on any atom is 0.00618 e. The van der Waals surface area contributed by atoms with Gasteiger partial charge in [0, 0.05) is 6.04 Å². The molecule has 0 aromatic heterocycles. The average molecular weight is 201 g/mol. The minimum Gasteiger partial charge on any atom is -0.314 e. The molecule has 0 spiro atoms. The molecule has 1 nitrogen and oxygen atoms in total. The minimum absolute atomic E-state index is 0.676. The van der Waals surface area contributed by atoms with E-state index in [1.54, 1.807) is 0 Å². The van der Waals surface area contributed by atoms with Gasteiger partial charge < -0.3 is 5.32 Å². The Labute approximate surface area is 87.1 Å². The summed E-state index contributed by atoms with van der Waals surface area (Å²) in [6.45, 7) is 8.10. The van der Waals surface area contributed by atoms with E-state index in [0.29, 0.717) is 6.04 Å². The van der Waals surface area contributed by atoms with Gasteiger partial charge in [-0.25, -0.2) is 0 Å². The molecule has 0 aromatic rings. The standard InChI is InChI=1S/C11H23NS/c1-9(2)10(3)12-8-11-4-6-13-7-5-11/h9-12H,4-8H2,1-3H3. The highest BCUT2D eigenvalue weighted by Gasteiger charge is 2.14. The molecule has 0 bridgehead atoms. The lowest BCUT2D eigenvalue weighted by molar-refractivity contribution is 0.368. The van der Waals surface area contributed by atoms with Crippen LogP contribution in [0.25, 0.3) is 0 Å². The Hall–Kier alpha value is 0.310. The number of nitrogens with one attached hydrogen (secondary N) is 1. The van der Waals surface area contributed by atoms with Gasteiger partial charge in [-0.1, -0.05) is 13.8 Å². The molecule has 1 N–H and O–H groups in total. The van der Waals surface area contributed by atoms with Crippen LogP contribution in [0.4, 0.5) is 0 Å². The average Bonchev–Trinajstić information content (AvgIpc) is 2.15. The van der Waals surface area contributed by atoms with E-state index in [1.807, 2.05) is 0 Å². The molecule has 1 unspecified atom stereocenters. The van der Waals surface area contributed by atoms with E-state index in [9.17, 15) is 0 Å². The fourth-order valence-electron chi connectivity index (χ4n) is 1.54. The van der Waals surface area contributed by atoms with E-state index >= 15 is 0 Å². The lowest BCUT2D eigenvalue weighted by atomic mass is 10.0. The van der Waals surface area contributed by atoms with Gasteiger partial charge in [0.2, 0.25) is 0 Å². The molecule has 1 aliphatic rings. The van der Waals surface area contributed by atoms with E-state index in [4.69, 9.17) is 0 Å². The Bertz CT molecular complexity index is 130. The third-order valence-corrected chi connectivity index (χ3v) is 4.12. The highest BCUT2D eigenvalue weighted by Crippen LogP contribution is 2.22. The van der Waals surface area contributed by atoms with Crippen molar-refractivity contribution in [1.29, 1.82) is 0 Å². The molecule has 0 radical (unpaired) electrons. The number of thioether (sulfide) groups is 1. The number of hydrogen-bond acceptors (Lipinski definition) is 2. The van der Waals surface area contributed by atoms with Gasteiger partial charge in [0.15, 0.2) is 0 Å². The monoisotopic (exact) mass is 201 g/mol. The summed E-state index contributed by atoms with van der Waals surface area (Å²) >= 11 is 2.11. The molecule has 0 aliphatic carbocycles. The summed E-state index contributed by atoms with van der Waals surface area (Å²) in [7, 11) is 0. The van der Waals surface area contributed by atoms with E-state index in [1.165, 1.54) is 30.9 Å². The van der Waals surface area contributed by atoms with Crippen molar-refractivity contribution in [3.05, 3.63) is 0 Å².